The van der Waals surface area contributed by atoms with Gasteiger partial charge >= 0.3 is 0 Å². The highest BCUT2D eigenvalue weighted by Crippen LogP contribution is 2.12. The first kappa shape index (κ1) is 17.1. The lowest BCUT2D eigenvalue weighted by molar-refractivity contribution is -0.313. The minimum atomic E-state index is 0.0173. The fraction of sp³-hybridized carbons (Fsp3) is 0.136. The van der Waals surface area contributed by atoms with Crippen molar-refractivity contribution < 1.29 is 14.6 Å². The zero-order chi connectivity index (χ0) is 17.5. The van der Waals surface area contributed by atoms with Crippen molar-refractivity contribution in [3.63, 3.8) is 0 Å². The Kier molecular flexibility index (Phi) is 5.73. The number of carbonyl (C=O) groups excluding carboxylic acids is 1. The lowest BCUT2D eigenvalue weighted by atomic mass is 10.0. The van der Waals surface area contributed by atoms with Gasteiger partial charge in [-0.05, 0) is 18.1 Å². The van der Waals surface area contributed by atoms with Gasteiger partial charge in [0.05, 0.1) is 0 Å². The fourth-order valence-electron chi connectivity index (χ4n) is 2.41. The van der Waals surface area contributed by atoms with Crippen molar-refractivity contribution >= 4 is 5.78 Å². The van der Waals surface area contributed by atoms with Gasteiger partial charge < -0.3 is 0 Å². The van der Waals surface area contributed by atoms with Crippen molar-refractivity contribution in [3.8, 4) is 0 Å². The largest absolute Gasteiger partial charge is 0.289 e. The Morgan fingerprint density at radius 1 is 0.680 bits per heavy atom. The fourth-order valence-corrected chi connectivity index (χ4v) is 2.41. The van der Waals surface area contributed by atoms with E-state index in [9.17, 15) is 4.79 Å². The molecule has 3 aromatic rings. The van der Waals surface area contributed by atoms with Gasteiger partial charge in [0.25, 0.3) is 0 Å². The summed E-state index contributed by atoms with van der Waals surface area (Å²) in [4.78, 5) is 22.8. The van der Waals surface area contributed by atoms with E-state index < -0.39 is 0 Å². The van der Waals surface area contributed by atoms with Gasteiger partial charge in [-0.15, -0.1) is 0 Å². The molecule has 0 unspecified atom stereocenters. The summed E-state index contributed by atoms with van der Waals surface area (Å²) in [5.74, 6) is 0.0173. The van der Waals surface area contributed by atoms with Crippen molar-refractivity contribution in [1.29, 1.82) is 0 Å². The summed E-state index contributed by atoms with van der Waals surface area (Å²) in [6, 6.07) is 24.8. The van der Waals surface area contributed by atoms with Crippen LogP contribution in [0.2, 0.25) is 0 Å². The molecule has 0 N–H and O–H groups in total. The molecule has 0 saturated heterocycles. The smallest absolute Gasteiger partial charge is 0.193 e. The highest BCUT2D eigenvalue weighted by atomic mass is 17.2. The Morgan fingerprint density at radius 2 is 1.16 bits per heavy atom. The van der Waals surface area contributed by atoms with Crippen molar-refractivity contribution in [3.05, 3.63) is 107 Å². The third kappa shape index (κ3) is 4.86. The highest BCUT2D eigenvalue weighted by Gasteiger charge is 2.08. The Balaban J connectivity index is 1.49. The number of ketones is 1. The molecule has 0 aromatic heterocycles. The van der Waals surface area contributed by atoms with E-state index in [0.29, 0.717) is 24.3 Å². The predicted molar refractivity (Wildman–Crippen MR) is 97.1 cm³/mol. The minimum absolute atomic E-state index is 0.0173. The summed E-state index contributed by atoms with van der Waals surface area (Å²) in [5, 5.41) is 0. The second-order valence-corrected chi connectivity index (χ2v) is 5.90. The maximum Gasteiger partial charge on any atom is 0.193 e. The van der Waals surface area contributed by atoms with E-state index in [1.807, 2.05) is 85.8 Å². The van der Waals surface area contributed by atoms with Crippen LogP contribution in [0.25, 0.3) is 0 Å². The Bertz CT molecular complexity index is 806. The molecule has 25 heavy (non-hydrogen) atoms. The van der Waals surface area contributed by atoms with Crippen LogP contribution in [0.4, 0.5) is 0 Å². The number of aryl methyl sites for hydroxylation is 1. The van der Waals surface area contributed by atoms with Crippen LogP contribution in [0.3, 0.4) is 0 Å². The Hall–Kier alpha value is -2.75. The van der Waals surface area contributed by atoms with Crippen molar-refractivity contribution in [2.45, 2.75) is 20.1 Å². The molecule has 0 bridgehead atoms. The highest BCUT2D eigenvalue weighted by molar-refractivity contribution is 6.08. The summed E-state index contributed by atoms with van der Waals surface area (Å²) in [6.07, 6.45) is 0. The SMILES string of the molecule is Cc1ccc(COOCc2ccc(C(=O)c3ccccc3)cc2)cc1. The van der Waals surface area contributed by atoms with Crippen LogP contribution < -0.4 is 0 Å². The quantitative estimate of drug-likeness (QED) is 0.268. The summed E-state index contributed by atoms with van der Waals surface area (Å²) in [6.45, 7) is 2.80. The van der Waals surface area contributed by atoms with Crippen molar-refractivity contribution in [2.24, 2.45) is 0 Å². The molecule has 0 saturated carbocycles. The number of hydrogen-bond donors (Lipinski definition) is 0. The monoisotopic (exact) mass is 332 g/mol. The van der Waals surface area contributed by atoms with Crippen LogP contribution in [0, 0.1) is 6.92 Å². The second kappa shape index (κ2) is 8.38. The van der Waals surface area contributed by atoms with Gasteiger partial charge in [0.15, 0.2) is 5.78 Å². The molecule has 0 heterocycles. The zero-order valence-electron chi connectivity index (χ0n) is 14.1. The lowest BCUT2D eigenvalue weighted by Crippen LogP contribution is -2.01. The topological polar surface area (TPSA) is 35.5 Å². The van der Waals surface area contributed by atoms with E-state index in [2.05, 4.69) is 0 Å². The molecule has 0 amide bonds. The molecule has 126 valence electrons. The first-order valence-electron chi connectivity index (χ1n) is 8.21. The van der Waals surface area contributed by atoms with Crippen LogP contribution in [-0.2, 0) is 23.0 Å². The Labute approximate surface area is 147 Å². The van der Waals surface area contributed by atoms with E-state index in [0.717, 1.165) is 11.1 Å². The summed E-state index contributed by atoms with van der Waals surface area (Å²) in [5.41, 5.74) is 4.58. The molecule has 3 rings (SSSR count). The van der Waals surface area contributed by atoms with Crippen LogP contribution in [-0.4, -0.2) is 5.78 Å². The number of hydrogen-bond acceptors (Lipinski definition) is 3. The molecule has 0 aliphatic rings. The predicted octanol–water partition coefficient (Wildman–Crippen LogP) is 4.87. The number of benzene rings is 3. The maximum absolute atomic E-state index is 12.3. The normalized spacial score (nSPS) is 10.6. The second-order valence-electron chi connectivity index (χ2n) is 5.90. The van der Waals surface area contributed by atoms with Gasteiger partial charge in [0.2, 0.25) is 0 Å². The molecule has 0 radical (unpaired) electrons. The van der Waals surface area contributed by atoms with Crippen LogP contribution in [0.1, 0.15) is 32.6 Å². The van der Waals surface area contributed by atoms with Crippen LogP contribution in [0.5, 0.6) is 0 Å². The lowest BCUT2D eigenvalue weighted by Gasteiger charge is -2.06. The summed E-state index contributed by atoms with van der Waals surface area (Å²) in [7, 11) is 0. The molecular formula is C22H20O3. The number of carbonyl (C=O) groups is 1. The third-order valence-corrected chi connectivity index (χ3v) is 3.91. The molecule has 0 fully saturated rings. The van der Waals surface area contributed by atoms with Gasteiger partial charge in [-0.1, -0.05) is 84.4 Å². The van der Waals surface area contributed by atoms with Gasteiger partial charge in [-0.2, -0.15) is 0 Å². The van der Waals surface area contributed by atoms with E-state index in [-0.39, 0.29) is 5.78 Å². The molecule has 3 aromatic carbocycles. The van der Waals surface area contributed by atoms with Crippen LogP contribution in [0.15, 0.2) is 78.9 Å². The van der Waals surface area contributed by atoms with Gasteiger partial charge in [-0.3, -0.25) is 4.79 Å². The molecule has 0 aliphatic heterocycles. The van der Waals surface area contributed by atoms with Gasteiger partial charge in [0, 0.05) is 11.1 Å². The summed E-state index contributed by atoms with van der Waals surface area (Å²) < 4.78 is 0. The molecule has 0 spiro atoms. The molecular weight excluding hydrogens is 312 g/mol. The Morgan fingerprint density at radius 3 is 1.72 bits per heavy atom. The molecule has 0 aliphatic carbocycles. The third-order valence-electron chi connectivity index (χ3n) is 3.91. The van der Waals surface area contributed by atoms with Crippen molar-refractivity contribution in [2.75, 3.05) is 0 Å². The minimum Gasteiger partial charge on any atom is -0.289 e. The average Bonchev–Trinajstić information content (AvgIpc) is 2.67. The maximum atomic E-state index is 12.3. The molecule has 3 heteroatoms. The first-order valence-corrected chi connectivity index (χ1v) is 8.21. The van der Waals surface area contributed by atoms with E-state index in [1.165, 1.54) is 5.56 Å². The average molecular weight is 332 g/mol. The van der Waals surface area contributed by atoms with E-state index in [4.69, 9.17) is 9.78 Å². The summed E-state index contributed by atoms with van der Waals surface area (Å²) >= 11 is 0. The van der Waals surface area contributed by atoms with Crippen LogP contribution >= 0.6 is 0 Å². The molecule has 3 nitrogen and oxygen atoms in total. The van der Waals surface area contributed by atoms with E-state index in [1.54, 1.807) is 0 Å². The van der Waals surface area contributed by atoms with Gasteiger partial charge in [-0.25, -0.2) is 9.78 Å². The van der Waals surface area contributed by atoms with Crippen molar-refractivity contribution in [1.82, 2.24) is 0 Å². The standard InChI is InChI=1S/C22H20O3/c1-17-7-9-18(10-8-17)15-24-25-16-19-11-13-21(14-12-19)22(23)20-5-3-2-4-6-20/h2-14H,15-16H2,1H3. The number of rotatable bonds is 7. The first-order chi connectivity index (χ1) is 12.2. The van der Waals surface area contributed by atoms with Gasteiger partial charge in [0.1, 0.15) is 13.2 Å². The van der Waals surface area contributed by atoms with E-state index >= 15 is 0 Å². The zero-order valence-corrected chi connectivity index (χ0v) is 14.1. The molecule has 0 atom stereocenters.